The molecule has 0 N–H and O–H groups in total. The van der Waals surface area contributed by atoms with Crippen LogP contribution in [0.2, 0.25) is 0 Å². The lowest BCUT2D eigenvalue weighted by Crippen LogP contribution is -2.04. The number of alkyl halides is 2. The molecule has 0 aliphatic rings. The molecule has 5 heteroatoms. The van der Waals surface area contributed by atoms with Gasteiger partial charge in [0.15, 0.2) is 0 Å². The highest BCUT2D eigenvalue weighted by Gasteiger charge is 2.06. The SMILES string of the molecule is CC.Cc1cc(OC(F)F)ncc1F. The molecule has 1 aromatic heterocycles. The third-order valence-corrected chi connectivity index (χ3v) is 1.23. The van der Waals surface area contributed by atoms with Crippen molar-refractivity contribution in [1.82, 2.24) is 4.98 Å². The van der Waals surface area contributed by atoms with Crippen molar-refractivity contribution in [3.05, 3.63) is 23.6 Å². The zero-order valence-corrected chi connectivity index (χ0v) is 8.22. The second-order valence-electron chi connectivity index (χ2n) is 2.15. The van der Waals surface area contributed by atoms with Crippen molar-refractivity contribution in [1.29, 1.82) is 0 Å². The number of aryl methyl sites for hydroxylation is 1. The zero-order chi connectivity index (χ0) is 11.1. The maximum atomic E-state index is 12.5. The Kier molecular flexibility index (Phi) is 5.67. The fraction of sp³-hybridized carbons (Fsp3) is 0.444. The average molecular weight is 207 g/mol. The van der Waals surface area contributed by atoms with Crippen molar-refractivity contribution in [2.45, 2.75) is 27.4 Å². The Balaban J connectivity index is 0.000000791. The topological polar surface area (TPSA) is 22.1 Å². The molecule has 0 saturated heterocycles. The largest absolute Gasteiger partial charge is 0.417 e. The number of hydrogen-bond acceptors (Lipinski definition) is 2. The maximum Gasteiger partial charge on any atom is 0.388 e. The molecule has 0 fully saturated rings. The zero-order valence-electron chi connectivity index (χ0n) is 8.22. The smallest absolute Gasteiger partial charge is 0.388 e. The molecule has 1 aromatic rings. The normalized spacial score (nSPS) is 9.36. The fourth-order valence-corrected chi connectivity index (χ4v) is 0.669. The van der Waals surface area contributed by atoms with Crippen molar-refractivity contribution < 1.29 is 17.9 Å². The van der Waals surface area contributed by atoms with Crippen molar-refractivity contribution >= 4 is 0 Å². The van der Waals surface area contributed by atoms with Gasteiger partial charge in [-0.05, 0) is 12.5 Å². The first kappa shape index (κ1) is 12.7. The van der Waals surface area contributed by atoms with Crippen LogP contribution in [0.5, 0.6) is 5.88 Å². The Labute approximate surface area is 80.7 Å². The third-order valence-electron chi connectivity index (χ3n) is 1.23. The summed E-state index contributed by atoms with van der Waals surface area (Å²) >= 11 is 0. The third kappa shape index (κ3) is 4.11. The van der Waals surface area contributed by atoms with E-state index in [1.807, 2.05) is 13.8 Å². The molecule has 2 nitrogen and oxygen atoms in total. The second-order valence-corrected chi connectivity index (χ2v) is 2.15. The number of hydrogen-bond donors (Lipinski definition) is 0. The molecule has 0 aromatic carbocycles. The highest BCUT2D eigenvalue weighted by molar-refractivity contribution is 5.20. The van der Waals surface area contributed by atoms with Crippen LogP contribution in [0.4, 0.5) is 13.2 Å². The predicted octanol–water partition coefficient (Wildman–Crippen LogP) is 3.16. The van der Waals surface area contributed by atoms with E-state index in [2.05, 4.69) is 9.72 Å². The molecule has 0 amide bonds. The second kappa shape index (κ2) is 6.23. The van der Waals surface area contributed by atoms with Gasteiger partial charge in [0, 0.05) is 6.07 Å². The highest BCUT2D eigenvalue weighted by Crippen LogP contribution is 2.13. The summed E-state index contributed by atoms with van der Waals surface area (Å²) in [7, 11) is 0. The number of halogens is 3. The van der Waals surface area contributed by atoms with Crippen molar-refractivity contribution in [2.75, 3.05) is 0 Å². The molecule has 1 rings (SSSR count). The number of ether oxygens (including phenoxy) is 1. The molecule has 0 saturated carbocycles. The van der Waals surface area contributed by atoms with Gasteiger partial charge in [-0.2, -0.15) is 8.78 Å². The van der Waals surface area contributed by atoms with Gasteiger partial charge in [-0.25, -0.2) is 9.37 Å². The molecule has 14 heavy (non-hydrogen) atoms. The summed E-state index contributed by atoms with van der Waals surface area (Å²) in [5.74, 6) is -0.819. The summed E-state index contributed by atoms with van der Waals surface area (Å²) in [4.78, 5) is 3.30. The van der Waals surface area contributed by atoms with Crippen LogP contribution in [0.15, 0.2) is 12.3 Å². The molecular formula is C9H12F3NO. The number of aromatic nitrogens is 1. The van der Waals surface area contributed by atoms with Gasteiger partial charge in [0.25, 0.3) is 0 Å². The molecule has 0 spiro atoms. The summed E-state index contributed by atoms with van der Waals surface area (Å²) in [5, 5.41) is 0. The Morgan fingerprint density at radius 3 is 2.36 bits per heavy atom. The maximum absolute atomic E-state index is 12.5. The summed E-state index contributed by atoms with van der Waals surface area (Å²) in [5.41, 5.74) is 0.223. The Bertz CT molecular complexity index is 279. The lowest BCUT2D eigenvalue weighted by Gasteiger charge is -2.03. The predicted molar refractivity (Wildman–Crippen MR) is 46.9 cm³/mol. The standard InChI is InChI=1S/C7H6F3NO.C2H6/c1-4-2-6(12-7(9)10)11-3-5(4)8;1-2/h2-3,7H,1H3;1-2H3. The van der Waals surface area contributed by atoms with Crippen LogP contribution in [-0.4, -0.2) is 11.6 Å². The quantitative estimate of drug-likeness (QED) is 0.743. The molecule has 0 unspecified atom stereocenters. The average Bonchev–Trinajstić information content (AvgIpc) is 2.14. The lowest BCUT2D eigenvalue weighted by molar-refractivity contribution is -0.0529. The van der Waals surface area contributed by atoms with Gasteiger partial charge < -0.3 is 4.74 Å². The van der Waals surface area contributed by atoms with Crippen LogP contribution in [0.3, 0.4) is 0 Å². The van der Waals surface area contributed by atoms with Crippen LogP contribution in [0, 0.1) is 12.7 Å². The van der Waals surface area contributed by atoms with Crippen LogP contribution in [0.1, 0.15) is 19.4 Å². The minimum Gasteiger partial charge on any atom is -0.417 e. The fourth-order valence-electron chi connectivity index (χ4n) is 0.669. The minimum absolute atomic E-state index is 0.223. The van der Waals surface area contributed by atoms with Gasteiger partial charge in [-0.1, -0.05) is 13.8 Å². The van der Waals surface area contributed by atoms with Gasteiger partial charge in [0.2, 0.25) is 5.88 Å². The molecule has 0 bridgehead atoms. The van der Waals surface area contributed by atoms with Gasteiger partial charge in [0.1, 0.15) is 5.82 Å². The Morgan fingerprint density at radius 2 is 1.93 bits per heavy atom. The molecule has 0 aliphatic carbocycles. The summed E-state index contributed by atoms with van der Waals surface area (Å²) < 4.78 is 39.7. The van der Waals surface area contributed by atoms with E-state index in [0.717, 1.165) is 12.3 Å². The summed E-state index contributed by atoms with van der Waals surface area (Å²) in [6.07, 6.45) is 0.840. The lowest BCUT2D eigenvalue weighted by atomic mass is 10.3. The summed E-state index contributed by atoms with van der Waals surface area (Å²) in [6, 6.07) is 1.11. The first-order valence-corrected chi connectivity index (χ1v) is 4.16. The minimum atomic E-state index is -2.93. The molecular weight excluding hydrogens is 195 g/mol. The molecule has 0 atom stereocenters. The highest BCUT2D eigenvalue weighted by atomic mass is 19.3. The van der Waals surface area contributed by atoms with Crippen LogP contribution < -0.4 is 4.74 Å². The number of rotatable bonds is 2. The number of pyridine rings is 1. The van der Waals surface area contributed by atoms with Crippen molar-refractivity contribution in [3.63, 3.8) is 0 Å². The van der Waals surface area contributed by atoms with Crippen LogP contribution in [-0.2, 0) is 0 Å². The van der Waals surface area contributed by atoms with E-state index in [4.69, 9.17) is 0 Å². The molecule has 1 heterocycles. The van der Waals surface area contributed by atoms with Crippen LogP contribution >= 0.6 is 0 Å². The van der Waals surface area contributed by atoms with Crippen LogP contribution in [0.25, 0.3) is 0 Å². The number of nitrogens with zero attached hydrogens (tertiary/aromatic N) is 1. The monoisotopic (exact) mass is 207 g/mol. The van der Waals surface area contributed by atoms with Gasteiger partial charge in [-0.15, -0.1) is 0 Å². The van der Waals surface area contributed by atoms with E-state index in [-0.39, 0.29) is 11.4 Å². The van der Waals surface area contributed by atoms with E-state index < -0.39 is 12.4 Å². The van der Waals surface area contributed by atoms with Crippen molar-refractivity contribution in [3.8, 4) is 5.88 Å². The van der Waals surface area contributed by atoms with Gasteiger partial charge in [0.05, 0.1) is 6.20 Å². The van der Waals surface area contributed by atoms with Gasteiger partial charge >= 0.3 is 6.61 Å². The Hall–Kier alpha value is -1.26. The van der Waals surface area contributed by atoms with E-state index in [0.29, 0.717) is 0 Å². The Morgan fingerprint density at radius 1 is 1.36 bits per heavy atom. The van der Waals surface area contributed by atoms with E-state index >= 15 is 0 Å². The first-order chi connectivity index (χ1) is 6.59. The van der Waals surface area contributed by atoms with E-state index in [9.17, 15) is 13.2 Å². The van der Waals surface area contributed by atoms with E-state index in [1.54, 1.807) is 0 Å². The molecule has 80 valence electrons. The first-order valence-electron chi connectivity index (χ1n) is 4.16. The summed E-state index contributed by atoms with van der Waals surface area (Å²) in [6.45, 7) is 2.51. The van der Waals surface area contributed by atoms with Gasteiger partial charge in [-0.3, -0.25) is 0 Å². The van der Waals surface area contributed by atoms with E-state index in [1.165, 1.54) is 6.92 Å². The van der Waals surface area contributed by atoms with Crippen molar-refractivity contribution in [2.24, 2.45) is 0 Å². The molecule has 0 radical (unpaired) electrons. The molecule has 0 aliphatic heterocycles.